The first-order valence-electron chi connectivity index (χ1n) is 12.3. The minimum Gasteiger partial charge on any atom is -0.322 e. The predicted octanol–water partition coefficient (Wildman–Crippen LogP) is 2.19. The molecule has 3 amide bonds. The average molecular weight is 441 g/mol. The van der Waals surface area contributed by atoms with Crippen LogP contribution in [0.2, 0.25) is 0 Å². The van der Waals surface area contributed by atoms with Crippen molar-refractivity contribution < 1.29 is 14.4 Å². The van der Waals surface area contributed by atoms with E-state index in [2.05, 4.69) is 28.1 Å². The number of benzene rings is 1. The van der Waals surface area contributed by atoms with Crippen LogP contribution in [0.4, 0.5) is 0 Å². The molecule has 1 aromatic carbocycles. The first-order chi connectivity index (χ1) is 15.6. The Kier molecular flexibility index (Phi) is 7.58. The number of piperazine rings is 1. The number of piperidine rings is 1. The molecule has 32 heavy (non-hydrogen) atoms. The van der Waals surface area contributed by atoms with Gasteiger partial charge in [0, 0.05) is 44.7 Å². The number of unbranched alkanes of at least 4 members (excludes halogenated alkanes) is 2. The maximum atomic E-state index is 13.0. The Balaban J connectivity index is 1.26. The minimum absolute atomic E-state index is 0.0858. The number of nitrogens with zero attached hydrogens (tertiary/aromatic N) is 3. The van der Waals surface area contributed by atoms with Crippen LogP contribution in [0, 0.1) is 0 Å². The molecule has 7 nitrogen and oxygen atoms in total. The summed E-state index contributed by atoms with van der Waals surface area (Å²) in [7, 11) is 0. The molecule has 1 N–H and O–H groups in total. The summed E-state index contributed by atoms with van der Waals surface area (Å²) in [5.74, 6) is -0.686. The highest BCUT2D eigenvalue weighted by Gasteiger charge is 2.39. The number of hydrogen-bond acceptors (Lipinski definition) is 5. The highest BCUT2D eigenvalue weighted by molar-refractivity contribution is 6.05. The van der Waals surface area contributed by atoms with Gasteiger partial charge < -0.3 is 14.7 Å². The van der Waals surface area contributed by atoms with Gasteiger partial charge in [-0.25, -0.2) is 0 Å². The van der Waals surface area contributed by atoms with Crippen molar-refractivity contribution in [3.8, 4) is 0 Å². The molecule has 1 atom stereocenters. The Morgan fingerprint density at radius 3 is 2.38 bits per heavy atom. The maximum absolute atomic E-state index is 13.0. The zero-order valence-corrected chi connectivity index (χ0v) is 19.3. The number of amides is 3. The van der Waals surface area contributed by atoms with Crippen molar-refractivity contribution in [3.63, 3.8) is 0 Å². The highest BCUT2D eigenvalue weighted by atomic mass is 16.2. The largest absolute Gasteiger partial charge is 0.322 e. The predicted molar refractivity (Wildman–Crippen MR) is 123 cm³/mol. The van der Waals surface area contributed by atoms with Crippen LogP contribution in [-0.4, -0.2) is 77.7 Å². The van der Waals surface area contributed by atoms with Crippen molar-refractivity contribution in [2.75, 3.05) is 39.3 Å². The van der Waals surface area contributed by atoms with E-state index in [0.717, 1.165) is 36.9 Å². The molecular weight excluding hydrogens is 404 g/mol. The Bertz CT molecular complexity index is 848. The van der Waals surface area contributed by atoms with Gasteiger partial charge in [0.05, 0.1) is 0 Å². The first kappa shape index (κ1) is 22.9. The molecule has 0 spiro atoms. The van der Waals surface area contributed by atoms with Crippen LogP contribution in [0.15, 0.2) is 18.2 Å². The van der Waals surface area contributed by atoms with Crippen molar-refractivity contribution in [1.29, 1.82) is 0 Å². The molecular formula is C25H36N4O3. The van der Waals surface area contributed by atoms with Gasteiger partial charge >= 0.3 is 0 Å². The molecule has 1 aromatic rings. The fourth-order valence-electron chi connectivity index (χ4n) is 5.15. The number of carbonyl (C=O) groups is 3. The van der Waals surface area contributed by atoms with Gasteiger partial charge in [-0.15, -0.1) is 0 Å². The lowest BCUT2D eigenvalue weighted by Gasteiger charge is -2.34. The lowest BCUT2D eigenvalue weighted by molar-refractivity contribution is -0.136. The van der Waals surface area contributed by atoms with Crippen molar-refractivity contribution in [2.45, 2.75) is 64.5 Å². The molecule has 7 heteroatoms. The Hall–Kier alpha value is -2.25. The van der Waals surface area contributed by atoms with E-state index >= 15 is 0 Å². The van der Waals surface area contributed by atoms with Crippen molar-refractivity contribution >= 4 is 17.7 Å². The molecule has 3 heterocycles. The van der Waals surface area contributed by atoms with E-state index in [1.807, 2.05) is 12.1 Å². The van der Waals surface area contributed by atoms with Gasteiger partial charge in [0.25, 0.3) is 5.91 Å². The fraction of sp³-hybridized carbons (Fsp3) is 0.640. The van der Waals surface area contributed by atoms with E-state index in [1.54, 1.807) is 4.90 Å². The van der Waals surface area contributed by atoms with Crippen molar-refractivity contribution in [3.05, 3.63) is 34.9 Å². The summed E-state index contributed by atoms with van der Waals surface area (Å²) in [6.45, 7) is 9.79. The molecule has 0 bridgehead atoms. The third-order valence-corrected chi connectivity index (χ3v) is 7.14. The molecule has 4 rings (SSSR count). The average Bonchev–Trinajstić information content (AvgIpc) is 3.13. The SMILES string of the molecule is CCCCN1CCN(CCCCc2cccc3c2CN(C2CCC(=O)NC2=O)C3=O)CC1. The Morgan fingerprint density at radius 1 is 0.969 bits per heavy atom. The number of fused-ring (bicyclic) bond motifs is 1. The second-order valence-corrected chi connectivity index (χ2v) is 9.34. The van der Waals surface area contributed by atoms with Gasteiger partial charge in [-0.3, -0.25) is 19.7 Å². The molecule has 2 fully saturated rings. The Labute approximate surface area is 191 Å². The summed E-state index contributed by atoms with van der Waals surface area (Å²) >= 11 is 0. The van der Waals surface area contributed by atoms with Crippen molar-refractivity contribution in [2.24, 2.45) is 0 Å². The number of imide groups is 1. The van der Waals surface area contributed by atoms with Gasteiger partial charge in [0.1, 0.15) is 6.04 Å². The van der Waals surface area contributed by atoms with Gasteiger partial charge in [-0.05, 0) is 62.4 Å². The second kappa shape index (κ2) is 10.6. The molecule has 174 valence electrons. The van der Waals surface area contributed by atoms with Crippen LogP contribution in [-0.2, 0) is 22.6 Å². The van der Waals surface area contributed by atoms with Crippen LogP contribution < -0.4 is 5.32 Å². The van der Waals surface area contributed by atoms with E-state index in [0.29, 0.717) is 13.0 Å². The van der Waals surface area contributed by atoms with E-state index in [4.69, 9.17) is 0 Å². The standard InChI is InChI=1S/C25H36N4O3/c1-2-3-12-27-14-16-28(17-15-27)13-5-4-7-19-8-6-9-20-21(19)18-29(25(20)32)22-10-11-23(30)26-24(22)31/h6,8-9,22H,2-5,7,10-18H2,1H3,(H,26,30,31). The van der Waals surface area contributed by atoms with Gasteiger partial charge in [-0.2, -0.15) is 0 Å². The lowest BCUT2D eigenvalue weighted by Crippen LogP contribution is -2.52. The maximum Gasteiger partial charge on any atom is 0.255 e. The smallest absolute Gasteiger partial charge is 0.255 e. The molecule has 0 aromatic heterocycles. The Morgan fingerprint density at radius 2 is 1.69 bits per heavy atom. The van der Waals surface area contributed by atoms with Gasteiger partial charge in [0.2, 0.25) is 11.8 Å². The number of hydrogen-bond donors (Lipinski definition) is 1. The number of nitrogens with one attached hydrogen (secondary N) is 1. The molecule has 0 radical (unpaired) electrons. The quantitative estimate of drug-likeness (QED) is 0.471. The molecule has 0 aliphatic carbocycles. The normalized spacial score (nSPS) is 22.3. The van der Waals surface area contributed by atoms with Crippen LogP contribution in [0.25, 0.3) is 0 Å². The lowest BCUT2D eigenvalue weighted by atomic mass is 9.98. The van der Waals surface area contributed by atoms with Crippen LogP contribution in [0.1, 0.15) is 66.9 Å². The molecule has 1 unspecified atom stereocenters. The molecule has 3 aliphatic rings. The second-order valence-electron chi connectivity index (χ2n) is 9.34. The zero-order chi connectivity index (χ0) is 22.5. The summed E-state index contributed by atoms with van der Waals surface area (Å²) in [5, 5.41) is 2.37. The highest BCUT2D eigenvalue weighted by Crippen LogP contribution is 2.30. The third kappa shape index (κ3) is 5.21. The zero-order valence-electron chi connectivity index (χ0n) is 19.3. The minimum atomic E-state index is -0.545. The van der Waals surface area contributed by atoms with E-state index in [9.17, 15) is 14.4 Å². The molecule has 0 saturated carbocycles. The number of aryl methyl sites for hydroxylation is 1. The first-order valence-corrected chi connectivity index (χ1v) is 12.3. The monoisotopic (exact) mass is 440 g/mol. The molecule has 2 saturated heterocycles. The van der Waals surface area contributed by atoms with E-state index in [-0.39, 0.29) is 24.1 Å². The summed E-state index contributed by atoms with van der Waals surface area (Å²) in [4.78, 5) is 43.5. The van der Waals surface area contributed by atoms with Gasteiger partial charge in [-0.1, -0.05) is 25.5 Å². The summed E-state index contributed by atoms with van der Waals surface area (Å²) in [6.07, 6.45) is 6.46. The van der Waals surface area contributed by atoms with Crippen LogP contribution in [0.5, 0.6) is 0 Å². The third-order valence-electron chi connectivity index (χ3n) is 7.14. The van der Waals surface area contributed by atoms with E-state index in [1.165, 1.54) is 51.1 Å². The number of carbonyl (C=O) groups excluding carboxylic acids is 3. The molecule has 3 aliphatic heterocycles. The number of rotatable bonds is 9. The fourth-order valence-corrected chi connectivity index (χ4v) is 5.15. The summed E-state index contributed by atoms with van der Waals surface area (Å²) in [6, 6.07) is 5.39. The summed E-state index contributed by atoms with van der Waals surface area (Å²) < 4.78 is 0. The van der Waals surface area contributed by atoms with Crippen molar-refractivity contribution in [1.82, 2.24) is 20.0 Å². The van der Waals surface area contributed by atoms with E-state index < -0.39 is 6.04 Å². The topological polar surface area (TPSA) is 73.0 Å². The summed E-state index contributed by atoms with van der Waals surface area (Å²) in [5.41, 5.74) is 3.00. The van der Waals surface area contributed by atoms with Crippen LogP contribution in [0.3, 0.4) is 0 Å². The van der Waals surface area contributed by atoms with Crippen LogP contribution >= 0.6 is 0 Å². The van der Waals surface area contributed by atoms with Gasteiger partial charge in [0.15, 0.2) is 0 Å².